The monoisotopic (exact) mass is 320 g/mol. The van der Waals surface area contributed by atoms with Crippen molar-refractivity contribution >= 4 is 27.5 Å². The zero-order chi connectivity index (χ0) is 16.2. The number of para-hydroxylation sites is 1. The highest BCUT2D eigenvalue weighted by atomic mass is 32.2. The maximum Gasteiger partial charge on any atom is 0.338 e. The van der Waals surface area contributed by atoms with Crippen molar-refractivity contribution in [3.8, 4) is 0 Å². The standard InChI is InChI=1S/C15H16N2O4S/c1-3-21-15(18)12-9-10-16-14(11-12)17(22(2,19)20)13-7-5-4-6-8-13/h4-11H,3H2,1-2H3. The van der Waals surface area contributed by atoms with Crippen LogP contribution < -0.4 is 4.31 Å². The zero-order valence-electron chi connectivity index (χ0n) is 12.3. The van der Waals surface area contributed by atoms with Gasteiger partial charge in [0.15, 0.2) is 0 Å². The molecular weight excluding hydrogens is 304 g/mol. The Morgan fingerprint density at radius 2 is 1.91 bits per heavy atom. The Morgan fingerprint density at radius 3 is 2.50 bits per heavy atom. The van der Waals surface area contributed by atoms with Gasteiger partial charge in [-0.15, -0.1) is 0 Å². The number of pyridine rings is 1. The highest BCUT2D eigenvalue weighted by molar-refractivity contribution is 7.92. The van der Waals surface area contributed by atoms with Crippen molar-refractivity contribution < 1.29 is 17.9 Å². The van der Waals surface area contributed by atoms with E-state index < -0.39 is 16.0 Å². The van der Waals surface area contributed by atoms with Crippen LogP contribution in [0.25, 0.3) is 0 Å². The molecule has 2 aromatic rings. The van der Waals surface area contributed by atoms with Crippen LogP contribution in [0.3, 0.4) is 0 Å². The van der Waals surface area contributed by atoms with Gasteiger partial charge in [0, 0.05) is 6.20 Å². The number of nitrogens with zero attached hydrogens (tertiary/aromatic N) is 2. The molecule has 0 atom stereocenters. The molecule has 116 valence electrons. The molecule has 1 aromatic heterocycles. The molecule has 2 rings (SSSR count). The van der Waals surface area contributed by atoms with Crippen molar-refractivity contribution in [2.45, 2.75) is 6.92 Å². The Bertz CT molecular complexity index is 760. The van der Waals surface area contributed by atoms with E-state index in [-0.39, 0.29) is 18.0 Å². The first-order chi connectivity index (χ1) is 10.4. The quantitative estimate of drug-likeness (QED) is 0.790. The molecule has 7 heteroatoms. The Balaban J connectivity index is 2.50. The van der Waals surface area contributed by atoms with Crippen LogP contribution in [0.2, 0.25) is 0 Å². The lowest BCUT2D eigenvalue weighted by Crippen LogP contribution is -2.25. The summed E-state index contributed by atoms with van der Waals surface area (Å²) < 4.78 is 30.2. The van der Waals surface area contributed by atoms with Gasteiger partial charge < -0.3 is 4.74 Å². The van der Waals surface area contributed by atoms with E-state index in [1.807, 2.05) is 0 Å². The minimum atomic E-state index is -3.61. The van der Waals surface area contributed by atoms with Crippen LogP contribution >= 0.6 is 0 Å². The molecule has 0 aliphatic carbocycles. The van der Waals surface area contributed by atoms with E-state index in [1.165, 1.54) is 18.3 Å². The van der Waals surface area contributed by atoms with Crippen LogP contribution in [0.15, 0.2) is 48.7 Å². The van der Waals surface area contributed by atoms with Gasteiger partial charge in [-0.3, -0.25) is 0 Å². The van der Waals surface area contributed by atoms with Gasteiger partial charge in [-0.25, -0.2) is 22.5 Å². The minimum Gasteiger partial charge on any atom is -0.462 e. The summed E-state index contributed by atoms with van der Waals surface area (Å²) in [5.74, 6) is -0.382. The fourth-order valence-corrected chi connectivity index (χ4v) is 2.87. The Morgan fingerprint density at radius 1 is 1.23 bits per heavy atom. The van der Waals surface area contributed by atoms with E-state index in [4.69, 9.17) is 4.74 Å². The molecule has 1 heterocycles. The first-order valence-electron chi connectivity index (χ1n) is 6.62. The third-order valence-electron chi connectivity index (χ3n) is 2.79. The fraction of sp³-hybridized carbons (Fsp3) is 0.200. The van der Waals surface area contributed by atoms with Crippen LogP contribution in [0, 0.1) is 0 Å². The van der Waals surface area contributed by atoms with Crippen LogP contribution in [0.4, 0.5) is 11.5 Å². The van der Waals surface area contributed by atoms with Crippen LogP contribution in [-0.4, -0.2) is 32.2 Å². The summed E-state index contributed by atoms with van der Waals surface area (Å²) in [4.78, 5) is 15.9. The number of rotatable bonds is 5. The molecule has 0 aliphatic rings. The van der Waals surface area contributed by atoms with Crippen LogP contribution in [0.5, 0.6) is 0 Å². The van der Waals surface area contributed by atoms with Gasteiger partial charge in [-0.05, 0) is 31.2 Å². The lowest BCUT2D eigenvalue weighted by molar-refractivity contribution is 0.0526. The van der Waals surface area contributed by atoms with Crippen molar-refractivity contribution in [3.63, 3.8) is 0 Å². The topological polar surface area (TPSA) is 76.6 Å². The number of benzene rings is 1. The summed E-state index contributed by atoms with van der Waals surface area (Å²) in [5, 5.41) is 0. The summed E-state index contributed by atoms with van der Waals surface area (Å²) in [6.07, 6.45) is 2.46. The lowest BCUT2D eigenvalue weighted by atomic mass is 10.2. The van der Waals surface area contributed by atoms with Crippen molar-refractivity contribution in [2.75, 3.05) is 17.2 Å². The summed E-state index contributed by atoms with van der Waals surface area (Å²) >= 11 is 0. The molecule has 1 aromatic carbocycles. The minimum absolute atomic E-state index is 0.138. The Kier molecular flexibility index (Phi) is 4.77. The zero-order valence-corrected chi connectivity index (χ0v) is 13.1. The third kappa shape index (κ3) is 3.62. The van der Waals surface area contributed by atoms with E-state index in [2.05, 4.69) is 4.98 Å². The first-order valence-corrected chi connectivity index (χ1v) is 8.47. The van der Waals surface area contributed by atoms with E-state index in [9.17, 15) is 13.2 Å². The predicted octanol–water partition coefficient (Wildman–Crippen LogP) is 2.36. The average molecular weight is 320 g/mol. The van der Waals surface area contributed by atoms with Gasteiger partial charge in [-0.1, -0.05) is 18.2 Å². The number of carbonyl (C=O) groups is 1. The Hall–Kier alpha value is -2.41. The molecule has 0 fully saturated rings. The summed E-state index contributed by atoms with van der Waals surface area (Å²) in [5.41, 5.74) is 0.690. The summed E-state index contributed by atoms with van der Waals surface area (Å²) in [6, 6.07) is 11.4. The second-order valence-corrected chi connectivity index (χ2v) is 6.32. The van der Waals surface area contributed by atoms with Gasteiger partial charge in [-0.2, -0.15) is 0 Å². The first kappa shape index (κ1) is 16.0. The number of hydrogen-bond donors (Lipinski definition) is 0. The molecular formula is C15H16N2O4S. The molecule has 0 spiro atoms. The molecule has 0 bridgehead atoms. The molecule has 0 N–H and O–H groups in total. The molecule has 0 saturated heterocycles. The molecule has 0 aliphatic heterocycles. The second-order valence-electron chi connectivity index (χ2n) is 4.49. The number of hydrogen-bond acceptors (Lipinski definition) is 5. The highest BCUT2D eigenvalue weighted by Crippen LogP contribution is 2.26. The van der Waals surface area contributed by atoms with Crippen molar-refractivity contribution in [2.24, 2.45) is 0 Å². The lowest BCUT2D eigenvalue weighted by Gasteiger charge is -2.21. The second kappa shape index (κ2) is 6.57. The van der Waals surface area contributed by atoms with Gasteiger partial charge in [0.05, 0.1) is 24.1 Å². The number of aromatic nitrogens is 1. The summed E-state index contributed by atoms with van der Waals surface area (Å²) in [7, 11) is -3.61. The predicted molar refractivity (Wildman–Crippen MR) is 83.6 cm³/mol. The van der Waals surface area contributed by atoms with Gasteiger partial charge in [0.2, 0.25) is 10.0 Å². The molecule has 0 radical (unpaired) electrons. The van der Waals surface area contributed by atoms with Crippen molar-refractivity contribution in [1.29, 1.82) is 0 Å². The molecule has 0 saturated carbocycles. The van der Waals surface area contributed by atoms with Crippen molar-refractivity contribution in [1.82, 2.24) is 4.98 Å². The number of esters is 1. The largest absolute Gasteiger partial charge is 0.462 e. The SMILES string of the molecule is CCOC(=O)c1ccnc(N(c2ccccc2)S(C)(=O)=O)c1. The molecule has 22 heavy (non-hydrogen) atoms. The molecule has 6 nitrogen and oxygen atoms in total. The Labute approximate surface area is 129 Å². The normalized spacial score (nSPS) is 11.0. The average Bonchev–Trinajstić information content (AvgIpc) is 2.48. The van der Waals surface area contributed by atoms with Crippen molar-refractivity contribution in [3.05, 3.63) is 54.2 Å². The van der Waals surface area contributed by atoms with Gasteiger partial charge in [0.25, 0.3) is 0 Å². The van der Waals surface area contributed by atoms with E-state index in [0.717, 1.165) is 10.6 Å². The van der Waals surface area contributed by atoms with Gasteiger partial charge >= 0.3 is 5.97 Å². The smallest absolute Gasteiger partial charge is 0.338 e. The van der Waals surface area contributed by atoms with Crippen LogP contribution in [-0.2, 0) is 14.8 Å². The van der Waals surface area contributed by atoms with E-state index >= 15 is 0 Å². The van der Waals surface area contributed by atoms with Gasteiger partial charge in [0.1, 0.15) is 5.82 Å². The van der Waals surface area contributed by atoms with Crippen LogP contribution in [0.1, 0.15) is 17.3 Å². The highest BCUT2D eigenvalue weighted by Gasteiger charge is 2.22. The summed E-state index contributed by atoms with van der Waals surface area (Å²) in [6.45, 7) is 1.94. The maximum absolute atomic E-state index is 12.1. The number of ether oxygens (including phenoxy) is 1. The maximum atomic E-state index is 12.1. The van der Waals surface area contributed by atoms with E-state index in [0.29, 0.717) is 5.69 Å². The molecule has 0 amide bonds. The molecule has 0 unspecified atom stereocenters. The fourth-order valence-electron chi connectivity index (χ4n) is 1.93. The number of sulfonamides is 1. The third-order valence-corrected chi connectivity index (χ3v) is 3.85. The number of anilines is 2. The number of carbonyl (C=O) groups excluding carboxylic acids is 1. The van der Waals surface area contributed by atoms with E-state index in [1.54, 1.807) is 37.3 Å².